The van der Waals surface area contributed by atoms with E-state index in [1.54, 1.807) is 0 Å². The maximum Gasteiger partial charge on any atom is 0.303 e. The van der Waals surface area contributed by atoms with E-state index in [9.17, 15) is 4.79 Å². The fourth-order valence-electron chi connectivity index (χ4n) is 0.987. The molecule has 0 aliphatic rings. The van der Waals surface area contributed by atoms with Crippen LogP contribution in [-0.2, 0) is 4.79 Å². The summed E-state index contributed by atoms with van der Waals surface area (Å²) in [5.41, 5.74) is 0. The molecule has 3 heteroatoms. The summed E-state index contributed by atoms with van der Waals surface area (Å²) in [5, 5.41) is 9.45. The molecule has 0 radical (unpaired) electrons. The Balaban J connectivity index is 3.22. The number of rotatable bonds is 6. The minimum absolute atomic E-state index is 0.308. The van der Waals surface area contributed by atoms with Gasteiger partial charge in [0.2, 0.25) is 0 Å². The molecule has 0 heterocycles. The zero-order valence-electron chi connectivity index (χ0n) is 6.85. The van der Waals surface area contributed by atoms with Gasteiger partial charge in [-0.05, 0) is 12.3 Å². The van der Waals surface area contributed by atoms with E-state index in [1.165, 1.54) is 0 Å². The highest BCUT2D eigenvalue weighted by Crippen LogP contribution is 2.12. The molecule has 0 saturated carbocycles. The second-order valence-corrected chi connectivity index (χ2v) is 3.68. The lowest BCUT2D eigenvalue weighted by Crippen LogP contribution is -2.03. The third kappa shape index (κ3) is 7.85. The molecule has 0 aromatic heterocycles. The van der Waals surface area contributed by atoms with Crippen LogP contribution in [0.2, 0.25) is 0 Å². The van der Waals surface area contributed by atoms with Gasteiger partial charge in [-0.3, -0.25) is 4.79 Å². The summed E-state index contributed by atoms with van der Waals surface area (Å²) in [6.45, 7) is 1.99. The lowest BCUT2D eigenvalue weighted by molar-refractivity contribution is -0.138. The molecule has 2 nitrogen and oxygen atoms in total. The van der Waals surface area contributed by atoms with Crippen molar-refractivity contribution >= 4 is 21.9 Å². The summed E-state index contributed by atoms with van der Waals surface area (Å²) >= 11 is 3.33. The van der Waals surface area contributed by atoms with Crippen molar-refractivity contribution in [1.82, 2.24) is 0 Å². The molecule has 1 atom stereocenters. The minimum atomic E-state index is -0.684. The van der Waals surface area contributed by atoms with Crippen LogP contribution in [0, 0.1) is 5.92 Å². The lowest BCUT2D eigenvalue weighted by Gasteiger charge is -2.06. The van der Waals surface area contributed by atoms with Crippen molar-refractivity contribution in [2.75, 3.05) is 5.33 Å². The molecule has 0 bridgehead atoms. The molecule has 1 N–H and O–H groups in total. The number of carboxylic acids is 1. The van der Waals surface area contributed by atoms with E-state index in [0.717, 1.165) is 24.6 Å². The summed E-state index contributed by atoms with van der Waals surface area (Å²) in [7, 11) is 0. The van der Waals surface area contributed by atoms with Crippen molar-refractivity contribution < 1.29 is 9.90 Å². The molecule has 0 amide bonds. The zero-order chi connectivity index (χ0) is 8.69. The Morgan fingerprint density at radius 2 is 2.18 bits per heavy atom. The van der Waals surface area contributed by atoms with Crippen molar-refractivity contribution in [3.05, 3.63) is 0 Å². The molecular weight excluding hydrogens is 208 g/mol. The van der Waals surface area contributed by atoms with Gasteiger partial charge in [0.1, 0.15) is 0 Å². The summed E-state index contributed by atoms with van der Waals surface area (Å²) in [6, 6.07) is 0. The number of halogens is 1. The molecule has 0 aromatic rings. The van der Waals surface area contributed by atoms with Gasteiger partial charge in [0, 0.05) is 11.8 Å². The first kappa shape index (κ1) is 11.0. The smallest absolute Gasteiger partial charge is 0.303 e. The average Bonchev–Trinajstić information content (AvgIpc) is 1.86. The number of hydrogen-bond acceptors (Lipinski definition) is 1. The van der Waals surface area contributed by atoms with Crippen LogP contribution in [0.15, 0.2) is 0 Å². The van der Waals surface area contributed by atoms with E-state index in [-0.39, 0.29) is 0 Å². The van der Waals surface area contributed by atoms with Crippen LogP contribution in [-0.4, -0.2) is 16.4 Å². The number of aliphatic carboxylic acids is 1. The molecule has 11 heavy (non-hydrogen) atoms. The van der Waals surface area contributed by atoms with E-state index in [0.29, 0.717) is 12.3 Å². The predicted octanol–water partition coefficient (Wildman–Crippen LogP) is 2.66. The van der Waals surface area contributed by atoms with Crippen LogP contribution in [0.1, 0.15) is 32.6 Å². The second kappa shape index (κ2) is 6.65. The number of carbonyl (C=O) groups is 1. The van der Waals surface area contributed by atoms with Crippen molar-refractivity contribution in [2.45, 2.75) is 32.6 Å². The van der Waals surface area contributed by atoms with Gasteiger partial charge in [-0.25, -0.2) is 0 Å². The third-order valence-electron chi connectivity index (χ3n) is 1.60. The number of unbranched alkanes of at least 4 members (excludes halogenated alkanes) is 1. The Kier molecular flexibility index (Phi) is 6.62. The Morgan fingerprint density at radius 1 is 1.55 bits per heavy atom. The highest BCUT2D eigenvalue weighted by atomic mass is 79.9. The van der Waals surface area contributed by atoms with Crippen molar-refractivity contribution in [3.8, 4) is 0 Å². The molecule has 0 fully saturated rings. The topological polar surface area (TPSA) is 37.3 Å². The molecular formula is C8H15BrO2. The molecule has 0 rings (SSSR count). The SMILES string of the molecule is CC(CCCCBr)CC(=O)O. The largest absolute Gasteiger partial charge is 0.481 e. The first-order valence-electron chi connectivity index (χ1n) is 3.94. The van der Waals surface area contributed by atoms with Crippen LogP contribution in [0.3, 0.4) is 0 Å². The van der Waals surface area contributed by atoms with Crippen LogP contribution in [0.25, 0.3) is 0 Å². The number of carboxylic acid groups (broad SMARTS) is 1. The molecule has 0 aliphatic heterocycles. The van der Waals surface area contributed by atoms with Gasteiger partial charge in [-0.1, -0.05) is 35.7 Å². The Labute approximate surface area is 76.1 Å². The van der Waals surface area contributed by atoms with E-state index < -0.39 is 5.97 Å². The lowest BCUT2D eigenvalue weighted by atomic mass is 10.0. The monoisotopic (exact) mass is 222 g/mol. The average molecular weight is 223 g/mol. The first-order valence-corrected chi connectivity index (χ1v) is 5.06. The highest BCUT2D eigenvalue weighted by Gasteiger charge is 2.06. The van der Waals surface area contributed by atoms with Crippen molar-refractivity contribution in [2.24, 2.45) is 5.92 Å². The number of alkyl halides is 1. The Bertz CT molecular complexity index is 115. The van der Waals surface area contributed by atoms with Gasteiger partial charge in [0.05, 0.1) is 0 Å². The highest BCUT2D eigenvalue weighted by molar-refractivity contribution is 9.09. The number of hydrogen-bond donors (Lipinski definition) is 1. The van der Waals surface area contributed by atoms with Crippen molar-refractivity contribution in [1.29, 1.82) is 0 Å². The summed E-state index contributed by atoms with van der Waals surface area (Å²) < 4.78 is 0. The van der Waals surface area contributed by atoms with E-state index in [1.807, 2.05) is 6.92 Å². The maximum atomic E-state index is 10.2. The van der Waals surface area contributed by atoms with E-state index in [4.69, 9.17) is 5.11 Å². The van der Waals surface area contributed by atoms with E-state index >= 15 is 0 Å². The summed E-state index contributed by atoms with van der Waals surface area (Å²) in [5.74, 6) is -0.358. The van der Waals surface area contributed by atoms with Crippen molar-refractivity contribution in [3.63, 3.8) is 0 Å². The zero-order valence-corrected chi connectivity index (χ0v) is 8.43. The quantitative estimate of drug-likeness (QED) is 0.555. The van der Waals surface area contributed by atoms with Crippen LogP contribution < -0.4 is 0 Å². The fourth-order valence-corrected chi connectivity index (χ4v) is 1.38. The van der Waals surface area contributed by atoms with Gasteiger partial charge >= 0.3 is 5.97 Å². The van der Waals surface area contributed by atoms with Gasteiger partial charge in [-0.15, -0.1) is 0 Å². The molecule has 0 spiro atoms. The molecule has 0 saturated heterocycles. The molecule has 66 valence electrons. The van der Waals surface area contributed by atoms with Crippen LogP contribution in [0.4, 0.5) is 0 Å². The van der Waals surface area contributed by atoms with E-state index in [2.05, 4.69) is 15.9 Å². The Morgan fingerprint density at radius 3 is 2.64 bits per heavy atom. The molecule has 0 aromatic carbocycles. The second-order valence-electron chi connectivity index (χ2n) is 2.89. The van der Waals surface area contributed by atoms with Crippen LogP contribution in [0.5, 0.6) is 0 Å². The van der Waals surface area contributed by atoms with Gasteiger partial charge in [-0.2, -0.15) is 0 Å². The molecule has 0 aliphatic carbocycles. The standard InChI is InChI=1S/C8H15BrO2/c1-7(6-8(10)11)4-2-3-5-9/h7H,2-6H2,1H3,(H,10,11). The third-order valence-corrected chi connectivity index (χ3v) is 2.16. The molecule has 1 unspecified atom stereocenters. The van der Waals surface area contributed by atoms with Crippen LogP contribution >= 0.6 is 15.9 Å². The van der Waals surface area contributed by atoms with Gasteiger partial charge in [0.25, 0.3) is 0 Å². The summed E-state index contributed by atoms with van der Waals surface area (Å²) in [6.07, 6.45) is 3.60. The summed E-state index contributed by atoms with van der Waals surface area (Å²) in [4.78, 5) is 10.2. The predicted molar refractivity (Wildman–Crippen MR) is 49.1 cm³/mol. The maximum absolute atomic E-state index is 10.2. The van der Waals surface area contributed by atoms with Gasteiger partial charge < -0.3 is 5.11 Å². The minimum Gasteiger partial charge on any atom is -0.481 e. The normalized spacial score (nSPS) is 12.9. The first-order chi connectivity index (χ1) is 5.16. The Hall–Kier alpha value is -0.0500. The fraction of sp³-hybridized carbons (Fsp3) is 0.875. The van der Waals surface area contributed by atoms with Gasteiger partial charge in [0.15, 0.2) is 0 Å².